The molecule has 10 nitrogen and oxygen atoms in total. The second-order valence-corrected chi connectivity index (χ2v) is 6.46. The van der Waals surface area contributed by atoms with Gasteiger partial charge >= 0.3 is 0 Å². The summed E-state index contributed by atoms with van der Waals surface area (Å²) in [4.78, 5) is 11.2. The topological polar surface area (TPSA) is 149 Å². The lowest BCUT2D eigenvalue weighted by molar-refractivity contribution is -0.385. The van der Waals surface area contributed by atoms with Gasteiger partial charge < -0.3 is 19.9 Å². The van der Waals surface area contributed by atoms with Crippen LogP contribution in [-0.2, 0) is 0 Å². The van der Waals surface area contributed by atoms with Crippen molar-refractivity contribution in [1.82, 2.24) is 10.2 Å². The largest absolute Gasteiger partial charge is 0.454 e. The number of hydrogen-bond donors (Lipinski definition) is 2. The minimum atomic E-state index is -0.815. The first-order valence-corrected chi connectivity index (χ1v) is 8.16. The van der Waals surface area contributed by atoms with Crippen LogP contribution in [0, 0.1) is 21.4 Å². The lowest BCUT2D eigenvalue weighted by Crippen LogP contribution is -2.22. The lowest BCUT2D eigenvalue weighted by Gasteiger charge is -2.24. The van der Waals surface area contributed by atoms with Crippen LogP contribution in [0.25, 0.3) is 0 Å². The summed E-state index contributed by atoms with van der Waals surface area (Å²) < 4.78 is 16.1. The highest BCUT2D eigenvalue weighted by molar-refractivity contribution is 5.64. The van der Waals surface area contributed by atoms with Crippen molar-refractivity contribution in [1.29, 1.82) is 5.26 Å². The number of benzene rings is 1. The molecule has 1 atom stereocenters. The fraction of sp³-hybridized carbons (Fsp3) is 0.294. The highest BCUT2D eigenvalue weighted by atomic mass is 16.7. The third-order valence-corrected chi connectivity index (χ3v) is 4.58. The van der Waals surface area contributed by atoms with E-state index in [1.807, 2.05) is 19.9 Å². The van der Waals surface area contributed by atoms with Gasteiger partial charge in [0.15, 0.2) is 11.5 Å². The summed E-state index contributed by atoms with van der Waals surface area (Å²) in [6.07, 6.45) is 0. The zero-order valence-electron chi connectivity index (χ0n) is 14.5. The molecule has 27 heavy (non-hydrogen) atoms. The predicted molar refractivity (Wildman–Crippen MR) is 91.2 cm³/mol. The van der Waals surface area contributed by atoms with Gasteiger partial charge in [0.2, 0.25) is 18.6 Å². The summed E-state index contributed by atoms with van der Waals surface area (Å²) in [6.45, 7) is 3.85. The van der Waals surface area contributed by atoms with Crippen molar-refractivity contribution in [3.8, 4) is 23.4 Å². The maximum atomic E-state index is 11.7. The zero-order chi connectivity index (χ0) is 19.3. The first-order chi connectivity index (χ1) is 12.9. The minimum Gasteiger partial charge on any atom is -0.454 e. The number of rotatable bonds is 3. The molecule has 138 valence electrons. The minimum absolute atomic E-state index is 0.0136. The number of nitrogens with zero attached hydrogens (tertiary/aromatic N) is 3. The molecule has 0 unspecified atom stereocenters. The molecule has 1 aromatic heterocycles. The van der Waals surface area contributed by atoms with Crippen molar-refractivity contribution >= 4 is 5.69 Å². The smallest absolute Gasteiger partial charge is 0.277 e. The van der Waals surface area contributed by atoms with Crippen LogP contribution in [0.3, 0.4) is 0 Å². The number of ether oxygens (including phenoxy) is 3. The summed E-state index contributed by atoms with van der Waals surface area (Å²) >= 11 is 0. The molecule has 2 aliphatic rings. The normalized spacial score (nSPS) is 17.5. The molecular formula is C17H15N5O5. The van der Waals surface area contributed by atoms with Gasteiger partial charge in [-0.15, -0.1) is 5.10 Å². The first-order valence-electron chi connectivity index (χ1n) is 8.16. The van der Waals surface area contributed by atoms with Crippen LogP contribution in [-0.4, -0.2) is 21.9 Å². The Hall–Kier alpha value is -3.74. The second-order valence-electron chi connectivity index (χ2n) is 6.46. The van der Waals surface area contributed by atoms with Gasteiger partial charge in [0, 0.05) is 11.3 Å². The Bertz CT molecular complexity index is 1030. The van der Waals surface area contributed by atoms with E-state index in [4.69, 9.17) is 19.9 Å². The summed E-state index contributed by atoms with van der Waals surface area (Å²) in [6, 6.07) is 4.84. The quantitative estimate of drug-likeness (QED) is 0.618. The van der Waals surface area contributed by atoms with Gasteiger partial charge in [-0.3, -0.25) is 15.2 Å². The van der Waals surface area contributed by atoms with Crippen LogP contribution < -0.4 is 19.9 Å². The summed E-state index contributed by atoms with van der Waals surface area (Å²) in [5, 5.41) is 28.4. The Morgan fingerprint density at radius 2 is 2.11 bits per heavy atom. The third-order valence-electron chi connectivity index (χ3n) is 4.58. The van der Waals surface area contributed by atoms with Gasteiger partial charge in [-0.1, -0.05) is 13.8 Å². The second kappa shape index (κ2) is 5.91. The summed E-state index contributed by atoms with van der Waals surface area (Å²) in [7, 11) is 0. The van der Waals surface area contributed by atoms with Crippen LogP contribution in [0.4, 0.5) is 5.69 Å². The van der Waals surface area contributed by atoms with Crippen LogP contribution in [0.2, 0.25) is 0 Å². The van der Waals surface area contributed by atoms with E-state index in [0.717, 1.165) is 0 Å². The standard InChI is InChI=1S/C17H15N5O5/c1-7(2)15-14-13(9(5-18)16(19)27-17(14)21-20-15)8-3-11-12(26-6-25-11)4-10(8)22(23)24/h3-4,7,13H,6,19H2,1-2H3,(H,20,21)/t13-/m1/s1. The maximum Gasteiger partial charge on any atom is 0.277 e. The fourth-order valence-electron chi connectivity index (χ4n) is 3.36. The number of hydrogen-bond acceptors (Lipinski definition) is 8. The first kappa shape index (κ1) is 16.7. The maximum absolute atomic E-state index is 11.7. The van der Waals surface area contributed by atoms with Crippen LogP contribution in [0.5, 0.6) is 17.4 Å². The van der Waals surface area contributed by atoms with Crippen molar-refractivity contribution in [3.05, 3.63) is 50.5 Å². The number of nitriles is 1. The van der Waals surface area contributed by atoms with Gasteiger partial charge in [0.05, 0.1) is 22.5 Å². The van der Waals surface area contributed by atoms with E-state index in [0.29, 0.717) is 17.0 Å². The van der Waals surface area contributed by atoms with E-state index in [2.05, 4.69) is 10.2 Å². The van der Waals surface area contributed by atoms with Crippen molar-refractivity contribution in [2.24, 2.45) is 5.73 Å². The summed E-state index contributed by atoms with van der Waals surface area (Å²) in [5.74, 6) is -0.0843. The fourth-order valence-corrected chi connectivity index (χ4v) is 3.36. The Morgan fingerprint density at radius 1 is 1.41 bits per heavy atom. The van der Waals surface area contributed by atoms with Gasteiger partial charge in [-0.25, -0.2) is 0 Å². The number of allylic oxidation sites excluding steroid dienone is 1. The number of nitro benzene ring substituents is 1. The molecule has 3 N–H and O–H groups in total. The van der Waals surface area contributed by atoms with E-state index in [-0.39, 0.29) is 47.0 Å². The van der Waals surface area contributed by atoms with Crippen molar-refractivity contribution in [2.45, 2.75) is 25.7 Å². The Morgan fingerprint density at radius 3 is 2.74 bits per heavy atom. The molecule has 10 heteroatoms. The molecule has 1 aromatic carbocycles. The molecule has 2 aromatic rings. The third kappa shape index (κ3) is 2.43. The van der Waals surface area contributed by atoms with Crippen LogP contribution in [0.1, 0.15) is 42.5 Å². The molecule has 0 amide bonds. The number of H-pyrrole nitrogens is 1. The average Bonchev–Trinajstić information content (AvgIpc) is 3.25. The molecule has 0 saturated heterocycles. The van der Waals surface area contributed by atoms with Gasteiger partial charge in [0.1, 0.15) is 11.6 Å². The monoisotopic (exact) mass is 369 g/mol. The van der Waals surface area contributed by atoms with Crippen molar-refractivity contribution in [2.75, 3.05) is 6.79 Å². The molecule has 0 bridgehead atoms. The van der Waals surface area contributed by atoms with Gasteiger partial charge in [-0.05, 0) is 12.0 Å². The molecule has 3 heterocycles. The van der Waals surface area contributed by atoms with Crippen molar-refractivity contribution < 1.29 is 19.1 Å². The predicted octanol–water partition coefficient (Wildman–Crippen LogP) is 2.39. The van der Waals surface area contributed by atoms with Gasteiger partial charge in [-0.2, -0.15) is 5.26 Å². The highest BCUT2D eigenvalue weighted by Crippen LogP contribution is 2.49. The molecule has 4 rings (SSSR count). The van der Waals surface area contributed by atoms with Crippen molar-refractivity contribution in [3.63, 3.8) is 0 Å². The molecular weight excluding hydrogens is 354 g/mol. The molecule has 0 radical (unpaired) electrons. The van der Waals surface area contributed by atoms with E-state index in [9.17, 15) is 15.4 Å². The van der Waals surface area contributed by atoms with E-state index < -0.39 is 10.8 Å². The SMILES string of the molecule is CC(C)c1[nH]nc2c1[C@H](c1cc3c(cc1[N+](=O)[O-])OCO3)C(C#N)=C(N)O2. The molecule has 0 fully saturated rings. The Kier molecular flexibility index (Phi) is 3.66. The Labute approximate surface area is 153 Å². The number of nitrogens with two attached hydrogens (primary N) is 1. The Balaban J connectivity index is 2.02. The van der Waals surface area contributed by atoms with Crippen LogP contribution >= 0.6 is 0 Å². The lowest BCUT2D eigenvalue weighted by atomic mass is 9.81. The van der Waals surface area contributed by atoms with E-state index in [1.54, 1.807) is 0 Å². The summed E-state index contributed by atoms with van der Waals surface area (Å²) in [5.41, 5.74) is 7.31. The number of aromatic nitrogens is 2. The molecule has 0 saturated carbocycles. The van der Waals surface area contributed by atoms with E-state index in [1.165, 1.54) is 12.1 Å². The van der Waals surface area contributed by atoms with Gasteiger partial charge in [0.25, 0.3) is 5.69 Å². The van der Waals surface area contributed by atoms with Crippen LogP contribution in [0.15, 0.2) is 23.6 Å². The molecule has 2 aliphatic heterocycles. The van der Waals surface area contributed by atoms with E-state index >= 15 is 0 Å². The number of aromatic amines is 1. The number of nitro groups is 1. The zero-order valence-corrected chi connectivity index (χ0v) is 14.5. The molecule has 0 spiro atoms. The number of nitrogens with one attached hydrogen (secondary N) is 1. The number of fused-ring (bicyclic) bond motifs is 2. The molecule has 0 aliphatic carbocycles. The average molecular weight is 369 g/mol. The highest BCUT2D eigenvalue weighted by Gasteiger charge is 2.40.